The Balaban J connectivity index is 0.000000660. The molecule has 2 aromatic carbocycles. The molecule has 0 aliphatic rings. The second kappa shape index (κ2) is 7.92. The van der Waals surface area contributed by atoms with Crippen LogP contribution >= 0.6 is 0 Å². The maximum atomic E-state index is 11.0. The molecule has 2 rings (SSSR count). The van der Waals surface area contributed by atoms with Crippen molar-refractivity contribution >= 4 is 20.9 Å². The van der Waals surface area contributed by atoms with Crippen molar-refractivity contribution in [1.82, 2.24) is 0 Å². The van der Waals surface area contributed by atoms with E-state index in [-0.39, 0.29) is 34.5 Å². The Morgan fingerprint density at radius 1 is 1.11 bits per heavy atom. The van der Waals surface area contributed by atoms with Crippen molar-refractivity contribution in [3.05, 3.63) is 49.4 Å². The van der Waals surface area contributed by atoms with Crippen molar-refractivity contribution in [3.63, 3.8) is 0 Å². The second-order valence-electron chi connectivity index (χ2n) is 3.45. The number of benzene rings is 2. The van der Waals surface area contributed by atoms with Gasteiger partial charge in [-0.25, -0.2) is 0 Å². The minimum Gasteiger partial charge on any atom is -0.344 e. The molecule has 0 aromatic heterocycles. The standard InChI is InChI=1S/C10H8O3S.C3H7.Na/c11-14(12,13)10-7-3-5-8-4-1-2-6-9(8)10;1-3-2;/h1-7H,(H,11,12,13);1,3H2,2H3;/q;-1;+1. The molecule has 2 aromatic rings. The van der Waals surface area contributed by atoms with E-state index in [1.807, 2.05) is 13.0 Å². The van der Waals surface area contributed by atoms with E-state index in [9.17, 15) is 8.42 Å². The quantitative estimate of drug-likeness (QED) is 0.463. The number of hydrogen-bond donors (Lipinski definition) is 1. The molecular weight excluding hydrogens is 259 g/mol. The van der Waals surface area contributed by atoms with Crippen LogP contribution in [0.3, 0.4) is 0 Å². The third-order valence-corrected chi connectivity index (χ3v) is 2.94. The predicted molar refractivity (Wildman–Crippen MR) is 69.4 cm³/mol. The van der Waals surface area contributed by atoms with Crippen LogP contribution in [0.2, 0.25) is 0 Å². The molecule has 18 heavy (non-hydrogen) atoms. The van der Waals surface area contributed by atoms with Gasteiger partial charge in [-0.3, -0.25) is 4.55 Å². The monoisotopic (exact) mass is 274 g/mol. The first kappa shape index (κ1) is 17.6. The van der Waals surface area contributed by atoms with Gasteiger partial charge in [-0.1, -0.05) is 43.3 Å². The van der Waals surface area contributed by atoms with E-state index in [2.05, 4.69) is 6.92 Å². The van der Waals surface area contributed by atoms with Crippen molar-refractivity contribution in [2.24, 2.45) is 0 Å². The summed E-state index contributed by atoms with van der Waals surface area (Å²) >= 11 is 0. The fourth-order valence-electron chi connectivity index (χ4n) is 1.42. The van der Waals surface area contributed by atoms with E-state index in [0.29, 0.717) is 5.39 Å². The van der Waals surface area contributed by atoms with Crippen molar-refractivity contribution in [2.75, 3.05) is 0 Å². The minimum atomic E-state index is -4.13. The minimum absolute atomic E-state index is 0. The molecule has 3 nitrogen and oxygen atoms in total. The van der Waals surface area contributed by atoms with Crippen molar-refractivity contribution in [1.29, 1.82) is 0 Å². The summed E-state index contributed by atoms with van der Waals surface area (Å²) in [7, 11) is -4.13. The van der Waals surface area contributed by atoms with Crippen LogP contribution in [-0.4, -0.2) is 13.0 Å². The smallest absolute Gasteiger partial charge is 0.344 e. The SMILES string of the molecule is O=S(=O)(O)c1cccc2ccccc12.[CH2-]CC.[Na+]. The fraction of sp³-hybridized carbons (Fsp3) is 0.154. The Labute approximate surface area is 130 Å². The summed E-state index contributed by atoms with van der Waals surface area (Å²) in [6, 6.07) is 11.8. The van der Waals surface area contributed by atoms with Crippen molar-refractivity contribution in [3.8, 4) is 0 Å². The molecule has 0 spiro atoms. The summed E-state index contributed by atoms with van der Waals surface area (Å²) < 4.78 is 31.0. The molecule has 92 valence electrons. The zero-order chi connectivity index (χ0) is 12.9. The van der Waals surface area contributed by atoms with Crippen LogP contribution < -0.4 is 29.6 Å². The number of hydrogen-bond acceptors (Lipinski definition) is 2. The Morgan fingerprint density at radius 2 is 1.61 bits per heavy atom. The van der Waals surface area contributed by atoms with Gasteiger partial charge in [-0.15, -0.1) is 0 Å². The third-order valence-electron chi connectivity index (χ3n) is 2.03. The normalized spacial score (nSPS) is 10.2. The van der Waals surface area contributed by atoms with E-state index in [1.54, 1.807) is 30.3 Å². The molecule has 0 aliphatic heterocycles. The topological polar surface area (TPSA) is 54.4 Å². The zero-order valence-corrected chi connectivity index (χ0v) is 13.4. The maximum absolute atomic E-state index is 11.0. The van der Waals surface area contributed by atoms with E-state index >= 15 is 0 Å². The van der Waals surface area contributed by atoms with Gasteiger partial charge in [0.15, 0.2) is 0 Å². The van der Waals surface area contributed by atoms with Crippen LogP contribution in [0, 0.1) is 6.92 Å². The van der Waals surface area contributed by atoms with Gasteiger partial charge < -0.3 is 6.92 Å². The van der Waals surface area contributed by atoms with Crippen LogP contribution in [0.15, 0.2) is 47.4 Å². The van der Waals surface area contributed by atoms with E-state index < -0.39 is 10.1 Å². The van der Waals surface area contributed by atoms with Gasteiger partial charge in [0.2, 0.25) is 0 Å². The third kappa shape index (κ3) is 4.71. The van der Waals surface area contributed by atoms with Gasteiger partial charge in [-0.05, 0) is 11.5 Å². The Morgan fingerprint density at radius 3 is 2.17 bits per heavy atom. The van der Waals surface area contributed by atoms with Gasteiger partial charge in [0.05, 0.1) is 0 Å². The molecule has 0 fully saturated rings. The molecule has 0 heterocycles. The van der Waals surface area contributed by atoms with Gasteiger partial charge >= 0.3 is 29.6 Å². The van der Waals surface area contributed by atoms with E-state index in [4.69, 9.17) is 4.55 Å². The van der Waals surface area contributed by atoms with Crippen molar-refractivity contribution < 1.29 is 42.5 Å². The summed E-state index contributed by atoms with van der Waals surface area (Å²) in [5.74, 6) is 0. The molecule has 0 unspecified atom stereocenters. The molecule has 0 amide bonds. The largest absolute Gasteiger partial charge is 1.00 e. The Kier molecular flexibility index (Phi) is 7.75. The molecule has 0 aliphatic carbocycles. The molecule has 5 heteroatoms. The van der Waals surface area contributed by atoms with Crippen LogP contribution in [0.5, 0.6) is 0 Å². The molecule has 0 saturated carbocycles. The number of fused-ring (bicyclic) bond motifs is 1. The second-order valence-corrected chi connectivity index (χ2v) is 4.84. The molecular formula is C13H15NaO3S. The van der Waals surface area contributed by atoms with Gasteiger partial charge in [0, 0.05) is 5.39 Å². The summed E-state index contributed by atoms with van der Waals surface area (Å²) in [4.78, 5) is -0.0457. The first-order valence-electron chi connectivity index (χ1n) is 5.25. The van der Waals surface area contributed by atoms with E-state index in [1.165, 1.54) is 6.07 Å². The average molecular weight is 274 g/mol. The summed E-state index contributed by atoms with van der Waals surface area (Å²) in [6.07, 6.45) is 1.00. The zero-order valence-electron chi connectivity index (χ0n) is 10.6. The molecule has 0 saturated heterocycles. The van der Waals surface area contributed by atoms with Gasteiger partial charge in [0.25, 0.3) is 10.1 Å². The molecule has 0 radical (unpaired) electrons. The molecule has 0 atom stereocenters. The predicted octanol–water partition coefficient (Wildman–Crippen LogP) is 0.321. The van der Waals surface area contributed by atoms with Gasteiger partial charge in [0.1, 0.15) is 4.90 Å². The maximum Gasteiger partial charge on any atom is 1.00 e. The van der Waals surface area contributed by atoms with Crippen LogP contribution in [0.4, 0.5) is 0 Å². The van der Waals surface area contributed by atoms with Crippen LogP contribution in [0.25, 0.3) is 10.8 Å². The van der Waals surface area contributed by atoms with Crippen LogP contribution in [-0.2, 0) is 10.1 Å². The van der Waals surface area contributed by atoms with Crippen molar-refractivity contribution in [2.45, 2.75) is 18.2 Å². The first-order chi connectivity index (χ1) is 8.00. The first-order valence-corrected chi connectivity index (χ1v) is 6.69. The van der Waals surface area contributed by atoms with Gasteiger partial charge in [-0.2, -0.15) is 14.8 Å². The molecule has 0 bridgehead atoms. The van der Waals surface area contributed by atoms with E-state index in [0.717, 1.165) is 11.8 Å². The summed E-state index contributed by atoms with van der Waals surface area (Å²) in [6.45, 7) is 5.50. The summed E-state index contributed by atoms with van der Waals surface area (Å²) in [5, 5.41) is 1.33. The Bertz CT molecular complexity index is 589. The fourth-order valence-corrected chi connectivity index (χ4v) is 2.13. The van der Waals surface area contributed by atoms with Crippen LogP contribution in [0.1, 0.15) is 13.3 Å². The summed E-state index contributed by atoms with van der Waals surface area (Å²) in [5.41, 5.74) is 0. The Hall–Kier alpha value is -0.390. The average Bonchev–Trinajstić information content (AvgIpc) is 2.28. The number of rotatable bonds is 1. The molecule has 1 N–H and O–H groups in total.